The molecule has 1 aliphatic rings. The number of aliphatic hydroxyl groups is 1. The third kappa shape index (κ3) is 2.22. The first kappa shape index (κ1) is 14.1. The lowest BCUT2D eigenvalue weighted by Crippen LogP contribution is -2.44. The van der Waals surface area contributed by atoms with Gasteiger partial charge in [0, 0.05) is 35.8 Å². The van der Waals surface area contributed by atoms with Gasteiger partial charge in [-0.15, -0.1) is 0 Å². The van der Waals surface area contributed by atoms with Crippen LogP contribution in [0.4, 0.5) is 0 Å². The molecule has 0 amide bonds. The van der Waals surface area contributed by atoms with Gasteiger partial charge in [0.25, 0.3) is 0 Å². The van der Waals surface area contributed by atoms with Gasteiger partial charge in [-0.3, -0.25) is 4.68 Å². The van der Waals surface area contributed by atoms with Gasteiger partial charge in [-0.2, -0.15) is 5.10 Å². The van der Waals surface area contributed by atoms with Gasteiger partial charge in [-0.25, -0.2) is 0 Å². The molecule has 1 aromatic carbocycles. The molecule has 0 aliphatic carbocycles. The molecule has 112 valence electrons. The second kappa shape index (κ2) is 5.50. The maximum Gasteiger partial charge on any atom is 0.123 e. The zero-order chi connectivity index (χ0) is 14.9. The highest BCUT2D eigenvalue weighted by molar-refractivity contribution is 5.44. The molecular weight excluding hydrogens is 266 g/mol. The van der Waals surface area contributed by atoms with Crippen molar-refractivity contribution in [2.24, 2.45) is 5.73 Å². The third-order valence-corrected chi connectivity index (χ3v) is 4.41. The van der Waals surface area contributed by atoms with Gasteiger partial charge in [0.15, 0.2) is 0 Å². The first-order valence-corrected chi connectivity index (χ1v) is 7.34. The number of para-hydroxylation sites is 1. The van der Waals surface area contributed by atoms with E-state index < -0.39 is 11.5 Å². The Bertz CT molecular complexity index is 625. The van der Waals surface area contributed by atoms with Gasteiger partial charge in [-0.1, -0.05) is 18.2 Å². The van der Waals surface area contributed by atoms with Crippen molar-refractivity contribution in [2.75, 3.05) is 13.2 Å². The fourth-order valence-electron chi connectivity index (χ4n) is 3.10. The van der Waals surface area contributed by atoms with Crippen LogP contribution in [0.1, 0.15) is 30.6 Å². The van der Waals surface area contributed by atoms with E-state index in [1.165, 1.54) is 0 Å². The van der Waals surface area contributed by atoms with Crippen LogP contribution in [0.3, 0.4) is 0 Å². The van der Waals surface area contributed by atoms with Crippen LogP contribution in [-0.2, 0) is 12.0 Å². The molecular formula is C16H21N3O2. The topological polar surface area (TPSA) is 73.3 Å². The van der Waals surface area contributed by atoms with Crippen LogP contribution in [0.2, 0.25) is 0 Å². The normalized spacial score (nSPS) is 22.4. The van der Waals surface area contributed by atoms with E-state index in [0.29, 0.717) is 19.6 Å². The molecule has 2 heterocycles. The van der Waals surface area contributed by atoms with E-state index >= 15 is 0 Å². The largest absolute Gasteiger partial charge is 0.493 e. The molecule has 3 rings (SSSR count). The number of fused-ring (bicyclic) bond motifs is 1. The van der Waals surface area contributed by atoms with Gasteiger partial charge in [-0.05, 0) is 19.4 Å². The second-order valence-corrected chi connectivity index (χ2v) is 5.49. The minimum atomic E-state index is -0.687. The number of nitrogens with zero attached hydrogens (tertiary/aromatic N) is 2. The molecule has 1 aromatic heterocycles. The summed E-state index contributed by atoms with van der Waals surface area (Å²) in [7, 11) is 0. The lowest BCUT2D eigenvalue weighted by molar-refractivity contribution is 0.0535. The predicted octanol–water partition coefficient (Wildman–Crippen LogP) is 1.62. The molecule has 0 fully saturated rings. The Morgan fingerprint density at radius 3 is 3.00 bits per heavy atom. The number of hydrogen-bond acceptors (Lipinski definition) is 4. The van der Waals surface area contributed by atoms with Crippen molar-refractivity contribution in [3.63, 3.8) is 0 Å². The number of nitrogens with two attached hydrogens (primary N) is 1. The summed E-state index contributed by atoms with van der Waals surface area (Å²) in [5.74, 6) is 0.816. The molecule has 3 N–H and O–H groups in total. The van der Waals surface area contributed by atoms with Gasteiger partial charge < -0.3 is 15.6 Å². The van der Waals surface area contributed by atoms with E-state index in [-0.39, 0.29) is 0 Å². The van der Waals surface area contributed by atoms with Crippen molar-refractivity contribution in [3.05, 3.63) is 47.8 Å². The van der Waals surface area contributed by atoms with Crippen molar-refractivity contribution in [2.45, 2.75) is 31.4 Å². The summed E-state index contributed by atoms with van der Waals surface area (Å²) in [5.41, 5.74) is 7.36. The number of aliphatic hydroxyl groups excluding tert-OH is 1. The maximum absolute atomic E-state index is 11.0. The highest BCUT2D eigenvalue weighted by atomic mass is 16.5. The minimum absolute atomic E-state index is 0.367. The Morgan fingerprint density at radius 1 is 1.48 bits per heavy atom. The SMILES string of the molecule is CCn1cc(C(O)C2(CN)CCOc3ccccc32)cn1. The average molecular weight is 287 g/mol. The van der Waals surface area contributed by atoms with E-state index in [1.807, 2.05) is 42.1 Å². The molecule has 0 radical (unpaired) electrons. The monoisotopic (exact) mass is 287 g/mol. The Labute approximate surface area is 124 Å². The molecule has 0 saturated carbocycles. The summed E-state index contributed by atoms with van der Waals surface area (Å²) in [6.07, 6.45) is 3.62. The molecule has 2 unspecified atom stereocenters. The van der Waals surface area contributed by atoms with Gasteiger partial charge >= 0.3 is 0 Å². The fourth-order valence-corrected chi connectivity index (χ4v) is 3.10. The Kier molecular flexibility index (Phi) is 3.69. The molecule has 0 bridgehead atoms. The highest BCUT2D eigenvalue weighted by Crippen LogP contribution is 2.46. The van der Waals surface area contributed by atoms with Crippen molar-refractivity contribution in [1.29, 1.82) is 0 Å². The highest BCUT2D eigenvalue weighted by Gasteiger charge is 2.43. The number of rotatable bonds is 4. The average Bonchev–Trinajstić information content (AvgIpc) is 3.02. The Hall–Kier alpha value is -1.85. The summed E-state index contributed by atoms with van der Waals surface area (Å²) < 4.78 is 7.52. The Balaban J connectivity index is 2.04. The van der Waals surface area contributed by atoms with Crippen LogP contribution in [0.15, 0.2) is 36.7 Å². The standard InChI is InChI=1S/C16H21N3O2/c1-2-19-10-12(9-18-19)15(20)16(11-17)7-8-21-14-6-4-3-5-13(14)16/h3-6,9-10,15,20H,2,7-8,11,17H2,1H3. The predicted molar refractivity (Wildman–Crippen MR) is 80.1 cm³/mol. The van der Waals surface area contributed by atoms with E-state index in [4.69, 9.17) is 10.5 Å². The Morgan fingerprint density at radius 2 is 2.29 bits per heavy atom. The number of hydrogen-bond donors (Lipinski definition) is 2. The van der Waals surface area contributed by atoms with Crippen molar-refractivity contribution in [3.8, 4) is 5.75 Å². The molecule has 0 spiro atoms. The molecule has 1 aliphatic heterocycles. The van der Waals surface area contributed by atoms with Crippen molar-refractivity contribution < 1.29 is 9.84 Å². The minimum Gasteiger partial charge on any atom is -0.493 e. The zero-order valence-corrected chi connectivity index (χ0v) is 12.2. The molecule has 0 saturated heterocycles. The number of aryl methyl sites for hydroxylation is 1. The summed E-state index contributed by atoms with van der Waals surface area (Å²) >= 11 is 0. The lowest BCUT2D eigenvalue weighted by atomic mass is 9.70. The zero-order valence-electron chi connectivity index (χ0n) is 12.2. The third-order valence-electron chi connectivity index (χ3n) is 4.41. The summed E-state index contributed by atoms with van der Waals surface area (Å²) in [5, 5.41) is 15.2. The molecule has 2 atom stereocenters. The van der Waals surface area contributed by atoms with Gasteiger partial charge in [0.05, 0.1) is 18.9 Å². The molecule has 5 nitrogen and oxygen atoms in total. The molecule has 2 aromatic rings. The first-order chi connectivity index (χ1) is 10.2. The number of benzene rings is 1. The van der Waals surface area contributed by atoms with E-state index in [9.17, 15) is 5.11 Å². The smallest absolute Gasteiger partial charge is 0.123 e. The second-order valence-electron chi connectivity index (χ2n) is 5.49. The van der Waals surface area contributed by atoms with Crippen molar-refractivity contribution >= 4 is 0 Å². The van der Waals surface area contributed by atoms with Crippen LogP contribution >= 0.6 is 0 Å². The van der Waals surface area contributed by atoms with Crippen LogP contribution < -0.4 is 10.5 Å². The molecule has 5 heteroatoms. The van der Waals surface area contributed by atoms with Crippen LogP contribution in [0.25, 0.3) is 0 Å². The quantitative estimate of drug-likeness (QED) is 0.896. The maximum atomic E-state index is 11.0. The summed E-state index contributed by atoms with van der Waals surface area (Å²) in [4.78, 5) is 0. The first-order valence-electron chi connectivity index (χ1n) is 7.34. The summed E-state index contributed by atoms with van der Waals surface area (Å²) in [6.45, 7) is 3.73. The summed E-state index contributed by atoms with van der Waals surface area (Å²) in [6, 6.07) is 7.82. The lowest BCUT2D eigenvalue weighted by Gasteiger charge is -2.41. The number of aromatic nitrogens is 2. The number of ether oxygens (including phenoxy) is 1. The van der Waals surface area contributed by atoms with Crippen LogP contribution in [0.5, 0.6) is 5.75 Å². The van der Waals surface area contributed by atoms with Crippen molar-refractivity contribution in [1.82, 2.24) is 9.78 Å². The van der Waals surface area contributed by atoms with Crippen LogP contribution in [0, 0.1) is 0 Å². The van der Waals surface area contributed by atoms with E-state index in [1.54, 1.807) is 6.20 Å². The van der Waals surface area contributed by atoms with Gasteiger partial charge in [0.2, 0.25) is 0 Å². The van der Waals surface area contributed by atoms with Crippen LogP contribution in [-0.4, -0.2) is 28.0 Å². The van der Waals surface area contributed by atoms with Gasteiger partial charge in [0.1, 0.15) is 5.75 Å². The molecule has 21 heavy (non-hydrogen) atoms. The van der Waals surface area contributed by atoms with E-state index in [2.05, 4.69) is 5.10 Å². The fraction of sp³-hybridized carbons (Fsp3) is 0.438. The van der Waals surface area contributed by atoms with E-state index in [0.717, 1.165) is 23.4 Å².